The van der Waals surface area contributed by atoms with Gasteiger partial charge in [-0.2, -0.15) is 18.3 Å². The van der Waals surface area contributed by atoms with Gasteiger partial charge in [0.1, 0.15) is 5.52 Å². The van der Waals surface area contributed by atoms with Gasteiger partial charge in [0.2, 0.25) is 0 Å². The van der Waals surface area contributed by atoms with Gasteiger partial charge < -0.3 is 14.7 Å². The van der Waals surface area contributed by atoms with E-state index in [1.54, 1.807) is 12.1 Å². The molecule has 5 rings (SSSR count). The second kappa shape index (κ2) is 8.01. The summed E-state index contributed by atoms with van der Waals surface area (Å²) in [6.07, 6.45) is -6.40. The number of aliphatic hydroxyl groups is 1. The SMILES string of the molecule is Cn1ncc(C(O)C(F)(F)F)c1-c1cc(N2CC(CN3CCOCC3)C2)c2nonc2c1. The molecule has 1 aromatic carbocycles. The summed E-state index contributed by atoms with van der Waals surface area (Å²) < 4.78 is 51.2. The van der Waals surface area contributed by atoms with Gasteiger partial charge >= 0.3 is 6.18 Å². The predicted octanol–water partition coefficient (Wildman–Crippen LogP) is 1.99. The number of fused-ring (bicyclic) bond motifs is 1. The normalized spacial score (nSPS) is 19.5. The highest BCUT2D eigenvalue weighted by molar-refractivity contribution is 5.93. The van der Waals surface area contributed by atoms with E-state index in [2.05, 4.69) is 25.2 Å². The zero-order valence-electron chi connectivity index (χ0n) is 17.4. The monoisotopic (exact) mass is 452 g/mol. The molecule has 32 heavy (non-hydrogen) atoms. The second-order valence-electron chi connectivity index (χ2n) is 8.33. The molecule has 0 saturated carbocycles. The summed E-state index contributed by atoms with van der Waals surface area (Å²) >= 11 is 0. The lowest BCUT2D eigenvalue weighted by Crippen LogP contribution is -2.53. The molecule has 1 unspecified atom stereocenters. The Labute approximate surface area is 181 Å². The largest absolute Gasteiger partial charge is 0.418 e. The first-order valence-corrected chi connectivity index (χ1v) is 10.4. The van der Waals surface area contributed by atoms with Crippen LogP contribution in [0.25, 0.3) is 22.3 Å². The molecule has 0 amide bonds. The number of aromatic nitrogens is 4. The minimum absolute atomic E-state index is 0.173. The van der Waals surface area contributed by atoms with Crippen LogP contribution in [0.1, 0.15) is 11.7 Å². The number of ether oxygens (including phenoxy) is 1. The van der Waals surface area contributed by atoms with Crippen LogP contribution in [0.3, 0.4) is 0 Å². The van der Waals surface area contributed by atoms with E-state index in [4.69, 9.17) is 9.37 Å². The molecule has 2 aliphatic rings. The van der Waals surface area contributed by atoms with Gasteiger partial charge in [-0.15, -0.1) is 0 Å². The van der Waals surface area contributed by atoms with E-state index >= 15 is 0 Å². The summed E-state index contributed by atoms with van der Waals surface area (Å²) in [6, 6.07) is 3.37. The molecular formula is C20H23F3N6O3. The summed E-state index contributed by atoms with van der Waals surface area (Å²) in [5, 5.41) is 21.7. The first kappa shape index (κ1) is 21.2. The summed E-state index contributed by atoms with van der Waals surface area (Å²) in [7, 11) is 1.54. The highest BCUT2D eigenvalue weighted by atomic mass is 19.4. The van der Waals surface area contributed by atoms with Gasteiger partial charge in [-0.1, -0.05) is 0 Å². The predicted molar refractivity (Wildman–Crippen MR) is 108 cm³/mol. The van der Waals surface area contributed by atoms with Crippen LogP contribution < -0.4 is 4.90 Å². The van der Waals surface area contributed by atoms with Crippen LogP contribution in [-0.2, 0) is 11.8 Å². The van der Waals surface area contributed by atoms with Crippen molar-refractivity contribution in [1.29, 1.82) is 0 Å². The van der Waals surface area contributed by atoms with E-state index in [0.717, 1.165) is 57.8 Å². The van der Waals surface area contributed by atoms with Crippen LogP contribution in [0, 0.1) is 5.92 Å². The molecule has 2 aliphatic heterocycles. The molecule has 1 N–H and O–H groups in total. The number of anilines is 1. The van der Waals surface area contributed by atoms with Crippen molar-refractivity contribution in [2.75, 3.05) is 50.8 Å². The lowest BCUT2D eigenvalue weighted by atomic mass is 9.96. The van der Waals surface area contributed by atoms with Crippen molar-refractivity contribution in [1.82, 2.24) is 25.0 Å². The number of benzene rings is 1. The number of aryl methyl sites for hydroxylation is 1. The molecule has 0 spiro atoms. The van der Waals surface area contributed by atoms with Gasteiger partial charge in [0.05, 0.1) is 30.8 Å². The van der Waals surface area contributed by atoms with Crippen LogP contribution in [0.2, 0.25) is 0 Å². The number of nitrogens with zero attached hydrogens (tertiary/aromatic N) is 6. The van der Waals surface area contributed by atoms with Gasteiger partial charge in [-0.05, 0) is 22.4 Å². The van der Waals surface area contributed by atoms with Crippen LogP contribution in [-0.4, -0.2) is 82.2 Å². The van der Waals surface area contributed by atoms with E-state index in [9.17, 15) is 18.3 Å². The Bertz CT molecular complexity index is 1100. The Morgan fingerprint density at radius 3 is 2.66 bits per heavy atom. The van der Waals surface area contributed by atoms with Crippen molar-refractivity contribution >= 4 is 16.7 Å². The van der Waals surface area contributed by atoms with Crippen molar-refractivity contribution in [2.45, 2.75) is 12.3 Å². The Morgan fingerprint density at radius 2 is 1.94 bits per heavy atom. The van der Waals surface area contributed by atoms with E-state index in [1.165, 1.54) is 11.7 Å². The number of aliphatic hydroxyl groups excluding tert-OH is 1. The van der Waals surface area contributed by atoms with Crippen LogP contribution in [0.4, 0.5) is 18.9 Å². The molecule has 3 aromatic rings. The first-order chi connectivity index (χ1) is 15.3. The molecule has 172 valence electrons. The van der Waals surface area contributed by atoms with Crippen molar-refractivity contribution in [3.8, 4) is 11.3 Å². The summed E-state index contributed by atoms with van der Waals surface area (Å²) in [4.78, 5) is 4.51. The number of morpholine rings is 1. The smallest absolute Gasteiger partial charge is 0.379 e. The third-order valence-electron chi connectivity index (χ3n) is 6.10. The van der Waals surface area contributed by atoms with Crippen molar-refractivity contribution < 1.29 is 27.6 Å². The van der Waals surface area contributed by atoms with Gasteiger partial charge in [0.15, 0.2) is 11.6 Å². The minimum atomic E-state index is -4.80. The third-order valence-corrected chi connectivity index (χ3v) is 6.10. The molecule has 9 nitrogen and oxygen atoms in total. The van der Waals surface area contributed by atoms with E-state index < -0.39 is 12.3 Å². The third kappa shape index (κ3) is 3.82. The topological polar surface area (TPSA) is 92.7 Å². The zero-order valence-corrected chi connectivity index (χ0v) is 17.4. The number of rotatable bonds is 5. The van der Waals surface area contributed by atoms with Crippen molar-refractivity contribution in [3.05, 3.63) is 23.9 Å². The summed E-state index contributed by atoms with van der Waals surface area (Å²) in [6.45, 7) is 5.92. The number of halogens is 3. The Hall–Kier alpha value is -2.70. The van der Waals surface area contributed by atoms with E-state index in [0.29, 0.717) is 22.5 Å². The summed E-state index contributed by atoms with van der Waals surface area (Å²) in [5.74, 6) is 0.478. The second-order valence-corrected chi connectivity index (χ2v) is 8.33. The van der Waals surface area contributed by atoms with Crippen LogP contribution in [0.15, 0.2) is 23.0 Å². The molecule has 0 bridgehead atoms. The molecule has 2 saturated heterocycles. The maximum atomic E-state index is 13.2. The molecule has 2 aromatic heterocycles. The van der Waals surface area contributed by atoms with Crippen molar-refractivity contribution in [2.24, 2.45) is 13.0 Å². The van der Waals surface area contributed by atoms with Gasteiger partial charge in [-0.3, -0.25) is 9.58 Å². The van der Waals surface area contributed by atoms with Crippen LogP contribution >= 0.6 is 0 Å². The number of alkyl halides is 3. The Morgan fingerprint density at radius 1 is 1.19 bits per heavy atom. The quantitative estimate of drug-likeness (QED) is 0.629. The highest BCUT2D eigenvalue weighted by Gasteiger charge is 2.42. The standard InChI is InChI=1S/C20H23F3N6O3/c1-27-18(14(8-24-27)19(30)20(21,22)23)13-6-15-17(26-32-25-15)16(7-13)29-10-12(11-29)9-28-2-4-31-5-3-28/h6-8,12,19,30H,2-5,9-11H2,1H3. The average Bonchev–Trinajstić information content (AvgIpc) is 3.35. The average molecular weight is 452 g/mol. The summed E-state index contributed by atoms with van der Waals surface area (Å²) in [5.41, 5.74) is 2.05. The Kier molecular flexibility index (Phi) is 5.30. The van der Waals surface area contributed by atoms with Gasteiger partial charge in [0, 0.05) is 56.8 Å². The fourth-order valence-corrected chi connectivity index (χ4v) is 4.47. The van der Waals surface area contributed by atoms with Gasteiger partial charge in [-0.25, -0.2) is 4.63 Å². The van der Waals surface area contributed by atoms with Crippen molar-refractivity contribution in [3.63, 3.8) is 0 Å². The molecule has 0 aliphatic carbocycles. The maximum absolute atomic E-state index is 13.2. The molecule has 12 heteroatoms. The lowest BCUT2D eigenvalue weighted by molar-refractivity contribution is -0.206. The molecule has 1 atom stereocenters. The highest BCUT2D eigenvalue weighted by Crippen LogP contribution is 2.40. The lowest BCUT2D eigenvalue weighted by Gasteiger charge is -2.43. The number of hydrogen-bond donors (Lipinski definition) is 1. The Balaban J connectivity index is 1.44. The number of hydrogen-bond acceptors (Lipinski definition) is 8. The fourth-order valence-electron chi connectivity index (χ4n) is 4.47. The fraction of sp³-hybridized carbons (Fsp3) is 0.550. The van der Waals surface area contributed by atoms with E-state index in [1.807, 2.05) is 0 Å². The zero-order chi connectivity index (χ0) is 22.5. The molecule has 2 fully saturated rings. The molecular weight excluding hydrogens is 429 g/mol. The first-order valence-electron chi connectivity index (χ1n) is 10.4. The van der Waals surface area contributed by atoms with Gasteiger partial charge in [0.25, 0.3) is 0 Å². The molecule has 4 heterocycles. The van der Waals surface area contributed by atoms with Crippen LogP contribution in [0.5, 0.6) is 0 Å². The maximum Gasteiger partial charge on any atom is 0.418 e. The minimum Gasteiger partial charge on any atom is -0.379 e. The molecule has 0 radical (unpaired) electrons. The van der Waals surface area contributed by atoms with E-state index in [-0.39, 0.29) is 11.3 Å².